The maximum Gasteiger partial charge on any atom is 0.0939 e. The summed E-state index contributed by atoms with van der Waals surface area (Å²) >= 11 is 0. The first-order chi connectivity index (χ1) is 10.1. The average Bonchev–Trinajstić information content (AvgIpc) is 2.92. The van der Waals surface area contributed by atoms with Crippen LogP contribution in [0, 0.1) is 5.92 Å². The summed E-state index contributed by atoms with van der Waals surface area (Å²) in [6.45, 7) is 13.0. The number of rotatable bonds is 7. The molecule has 21 heavy (non-hydrogen) atoms. The summed E-state index contributed by atoms with van der Waals surface area (Å²) in [4.78, 5) is 0. The zero-order chi connectivity index (χ0) is 15.3. The van der Waals surface area contributed by atoms with Crippen LogP contribution in [0.15, 0.2) is 0 Å². The molecule has 1 spiro atoms. The molecule has 0 aliphatic carbocycles. The van der Waals surface area contributed by atoms with Gasteiger partial charge in [0, 0.05) is 32.3 Å². The summed E-state index contributed by atoms with van der Waals surface area (Å²) in [5.74, 6) is 0.594. The SMILES string of the molecule is CCNC(C1CCOC2(CCOC2)C1)C(C)(CC)OCC. The van der Waals surface area contributed by atoms with E-state index in [0.717, 1.165) is 58.7 Å². The fourth-order valence-electron chi connectivity index (χ4n) is 4.06. The van der Waals surface area contributed by atoms with Crippen molar-refractivity contribution in [1.29, 1.82) is 0 Å². The first-order valence-electron chi connectivity index (χ1n) is 8.68. The standard InChI is InChI=1S/C17H33NO3/c1-5-16(4,20-7-3)15(18-6-2)14-8-10-21-17(12-14)9-11-19-13-17/h14-15,18H,5-13H2,1-4H3. The molecule has 4 heteroatoms. The van der Waals surface area contributed by atoms with E-state index in [4.69, 9.17) is 14.2 Å². The highest BCUT2D eigenvalue weighted by atomic mass is 16.6. The highest BCUT2D eigenvalue weighted by Gasteiger charge is 2.46. The molecule has 2 aliphatic heterocycles. The van der Waals surface area contributed by atoms with Crippen molar-refractivity contribution in [2.75, 3.05) is 33.0 Å². The maximum atomic E-state index is 6.16. The van der Waals surface area contributed by atoms with Gasteiger partial charge in [0.2, 0.25) is 0 Å². The normalized spacial score (nSPS) is 34.0. The molecule has 0 radical (unpaired) electrons. The molecule has 4 nitrogen and oxygen atoms in total. The molecule has 4 atom stereocenters. The molecule has 2 heterocycles. The van der Waals surface area contributed by atoms with Crippen LogP contribution >= 0.6 is 0 Å². The highest BCUT2D eigenvalue weighted by molar-refractivity contribution is 4.99. The van der Waals surface area contributed by atoms with E-state index in [-0.39, 0.29) is 11.2 Å². The molecule has 0 bridgehead atoms. The van der Waals surface area contributed by atoms with Gasteiger partial charge >= 0.3 is 0 Å². The summed E-state index contributed by atoms with van der Waals surface area (Å²) in [5, 5.41) is 3.71. The van der Waals surface area contributed by atoms with Crippen LogP contribution in [0.3, 0.4) is 0 Å². The lowest BCUT2D eigenvalue weighted by Crippen LogP contribution is -2.57. The average molecular weight is 299 g/mol. The van der Waals surface area contributed by atoms with Gasteiger partial charge in [-0.05, 0) is 45.6 Å². The van der Waals surface area contributed by atoms with Crippen molar-refractivity contribution in [1.82, 2.24) is 5.32 Å². The molecule has 0 aromatic rings. The molecule has 0 amide bonds. The van der Waals surface area contributed by atoms with Crippen LogP contribution in [0.1, 0.15) is 53.4 Å². The molecule has 0 saturated carbocycles. The zero-order valence-electron chi connectivity index (χ0n) is 14.2. The molecule has 0 aromatic carbocycles. The first-order valence-corrected chi connectivity index (χ1v) is 8.68. The van der Waals surface area contributed by atoms with Crippen molar-refractivity contribution < 1.29 is 14.2 Å². The van der Waals surface area contributed by atoms with Gasteiger partial charge in [0.05, 0.1) is 17.8 Å². The van der Waals surface area contributed by atoms with Crippen molar-refractivity contribution in [3.8, 4) is 0 Å². The van der Waals surface area contributed by atoms with Crippen LogP contribution in [-0.4, -0.2) is 50.2 Å². The lowest BCUT2D eigenvalue weighted by atomic mass is 9.74. The predicted molar refractivity (Wildman–Crippen MR) is 84.6 cm³/mol. The van der Waals surface area contributed by atoms with E-state index in [0.29, 0.717) is 12.0 Å². The Hall–Kier alpha value is -0.160. The number of likely N-dealkylation sites (N-methyl/N-ethyl adjacent to an activating group) is 1. The third-order valence-corrected chi connectivity index (χ3v) is 5.33. The lowest BCUT2D eigenvalue weighted by molar-refractivity contribution is -0.129. The minimum absolute atomic E-state index is 0.0303. The first kappa shape index (κ1) is 17.2. The Morgan fingerprint density at radius 2 is 2.14 bits per heavy atom. The Bertz CT molecular complexity index is 317. The van der Waals surface area contributed by atoms with Gasteiger partial charge in [-0.1, -0.05) is 13.8 Å². The summed E-state index contributed by atoms with van der Waals surface area (Å²) in [7, 11) is 0. The van der Waals surface area contributed by atoms with E-state index >= 15 is 0 Å². The van der Waals surface area contributed by atoms with Crippen LogP contribution in [0.2, 0.25) is 0 Å². The molecule has 2 aliphatic rings. The van der Waals surface area contributed by atoms with Crippen LogP contribution in [0.4, 0.5) is 0 Å². The van der Waals surface area contributed by atoms with Crippen molar-refractivity contribution in [2.45, 2.75) is 70.6 Å². The summed E-state index contributed by atoms with van der Waals surface area (Å²) in [6, 6.07) is 0.383. The van der Waals surface area contributed by atoms with E-state index in [1.54, 1.807) is 0 Å². The fraction of sp³-hybridized carbons (Fsp3) is 1.00. The van der Waals surface area contributed by atoms with E-state index in [1.807, 2.05) is 0 Å². The smallest absolute Gasteiger partial charge is 0.0939 e. The maximum absolute atomic E-state index is 6.16. The van der Waals surface area contributed by atoms with Gasteiger partial charge in [-0.25, -0.2) is 0 Å². The molecule has 2 rings (SSSR count). The van der Waals surface area contributed by atoms with E-state index in [1.165, 1.54) is 0 Å². The number of hydrogen-bond acceptors (Lipinski definition) is 4. The summed E-state index contributed by atoms with van der Waals surface area (Å²) in [5.41, 5.74) is -0.134. The topological polar surface area (TPSA) is 39.7 Å². The molecule has 2 fully saturated rings. The van der Waals surface area contributed by atoms with Gasteiger partial charge in [-0.3, -0.25) is 0 Å². The number of nitrogens with one attached hydrogen (secondary N) is 1. The lowest BCUT2D eigenvalue weighted by Gasteiger charge is -2.46. The largest absolute Gasteiger partial charge is 0.378 e. The van der Waals surface area contributed by atoms with Crippen LogP contribution in [0.5, 0.6) is 0 Å². The molecule has 4 unspecified atom stereocenters. The van der Waals surface area contributed by atoms with Crippen molar-refractivity contribution in [3.05, 3.63) is 0 Å². The molecular weight excluding hydrogens is 266 g/mol. The van der Waals surface area contributed by atoms with Gasteiger partial charge in [-0.15, -0.1) is 0 Å². The van der Waals surface area contributed by atoms with E-state index in [2.05, 4.69) is 33.0 Å². The molecule has 1 N–H and O–H groups in total. The Kier molecular flexibility index (Phi) is 6.06. The van der Waals surface area contributed by atoms with Gasteiger partial charge in [0.1, 0.15) is 0 Å². The Labute approximate surface area is 129 Å². The van der Waals surface area contributed by atoms with Crippen LogP contribution in [0.25, 0.3) is 0 Å². The van der Waals surface area contributed by atoms with Crippen molar-refractivity contribution >= 4 is 0 Å². The second-order valence-corrected chi connectivity index (χ2v) is 6.72. The monoisotopic (exact) mass is 299 g/mol. The minimum Gasteiger partial charge on any atom is -0.378 e. The quantitative estimate of drug-likeness (QED) is 0.784. The van der Waals surface area contributed by atoms with Gasteiger partial charge in [0.15, 0.2) is 0 Å². The van der Waals surface area contributed by atoms with Gasteiger partial charge in [0.25, 0.3) is 0 Å². The van der Waals surface area contributed by atoms with Gasteiger partial charge < -0.3 is 19.5 Å². The summed E-state index contributed by atoms with van der Waals surface area (Å²) in [6.07, 6.45) is 4.27. The van der Waals surface area contributed by atoms with E-state index < -0.39 is 0 Å². The summed E-state index contributed by atoms with van der Waals surface area (Å²) < 4.78 is 17.9. The number of ether oxygens (including phenoxy) is 3. The van der Waals surface area contributed by atoms with Crippen molar-refractivity contribution in [2.24, 2.45) is 5.92 Å². The Morgan fingerprint density at radius 3 is 2.71 bits per heavy atom. The van der Waals surface area contributed by atoms with Gasteiger partial charge in [-0.2, -0.15) is 0 Å². The van der Waals surface area contributed by atoms with Crippen molar-refractivity contribution in [3.63, 3.8) is 0 Å². The van der Waals surface area contributed by atoms with Crippen LogP contribution in [-0.2, 0) is 14.2 Å². The Morgan fingerprint density at radius 1 is 1.33 bits per heavy atom. The fourth-order valence-corrected chi connectivity index (χ4v) is 4.06. The second kappa shape index (κ2) is 7.40. The molecule has 0 aromatic heterocycles. The predicted octanol–water partition coefficient (Wildman–Crippen LogP) is 2.76. The highest BCUT2D eigenvalue weighted by Crippen LogP contribution is 2.40. The van der Waals surface area contributed by atoms with Crippen LogP contribution < -0.4 is 5.32 Å². The molecular formula is C17H33NO3. The second-order valence-electron chi connectivity index (χ2n) is 6.72. The molecule has 124 valence electrons. The Balaban J connectivity index is 2.12. The molecule has 2 saturated heterocycles. The third-order valence-electron chi connectivity index (χ3n) is 5.33. The van der Waals surface area contributed by atoms with E-state index in [9.17, 15) is 0 Å². The zero-order valence-corrected chi connectivity index (χ0v) is 14.2. The third kappa shape index (κ3) is 3.79. The number of hydrogen-bond donors (Lipinski definition) is 1. The minimum atomic E-state index is -0.104.